The molecular weight excluding hydrogens is 122 g/mol. The van der Waals surface area contributed by atoms with Crippen LogP contribution < -0.4 is 5.32 Å². The third-order valence-corrected chi connectivity index (χ3v) is 1.59. The average molecular weight is 133 g/mol. The van der Waals surface area contributed by atoms with Crippen molar-refractivity contribution in [2.24, 2.45) is 0 Å². The summed E-state index contributed by atoms with van der Waals surface area (Å²) in [5.74, 6) is 0. The maximum absolute atomic E-state index is 8.98. The average Bonchev–Trinajstić information content (AvgIpc) is 2.15. The van der Waals surface area contributed by atoms with Crippen molar-refractivity contribution in [1.82, 2.24) is 5.32 Å². The normalized spacial score (nSPS) is 43.7. The van der Waals surface area contributed by atoms with Gasteiger partial charge < -0.3 is 20.6 Å². The maximum Gasteiger partial charge on any atom is 0.0986 e. The minimum absolute atomic E-state index is 0.127. The van der Waals surface area contributed by atoms with E-state index >= 15 is 0 Å². The van der Waals surface area contributed by atoms with Crippen molar-refractivity contribution in [2.45, 2.75) is 18.2 Å². The van der Waals surface area contributed by atoms with Crippen LogP contribution in [-0.4, -0.2) is 46.7 Å². The third-order valence-electron chi connectivity index (χ3n) is 1.59. The predicted molar refractivity (Wildman–Crippen MR) is 30.9 cm³/mol. The van der Waals surface area contributed by atoms with E-state index in [0.717, 1.165) is 0 Å². The van der Waals surface area contributed by atoms with Crippen LogP contribution in [0.1, 0.15) is 0 Å². The van der Waals surface area contributed by atoms with Crippen LogP contribution >= 0.6 is 0 Å². The Morgan fingerprint density at radius 1 is 1.44 bits per heavy atom. The molecule has 3 atom stereocenters. The molecule has 1 rings (SSSR count). The van der Waals surface area contributed by atoms with Crippen LogP contribution in [0.15, 0.2) is 0 Å². The Morgan fingerprint density at radius 2 is 2.11 bits per heavy atom. The molecule has 1 saturated heterocycles. The van der Waals surface area contributed by atoms with Gasteiger partial charge in [-0.2, -0.15) is 0 Å². The highest BCUT2D eigenvalue weighted by atomic mass is 16.3. The number of hydrogen-bond acceptors (Lipinski definition) is 4. The van der Waals surface area contributed by atoms with Crippen LogP contribution in [0.2, 0.25) is 0 Å². The Hall–Kier alpha value is -0.160. The van der Waals surface area contributed by atoms with E-state index in [-0.39, 0.29) is 12.6 Å². The maximum atomic E-state index is 8.98. The van der Waals surface area contributed by atoms with Crippen molar-refractivity contribution < 1.29 is 15.3 Å². The van der Waals surface area contributed by atoms with Crippen molar-refractivity contribution in [1.29, 1.82) is 0 Å². The Balaban J connectivity index is 2.41. The molecule has 0 aromatic heterocycles. The van der Waals surface area contributed by atoms with Crippen LogP contribution in [0.3, 0.4) is 0 Å². The number of aliphatic hydroxyl groups is 3. The first-order valence-electron chi connectivity index (χ1n) is 2.96. The third kappa shape index (κ3) is 1.21. The topological polar surface area (TPSA) is 72.7 Å². The molecule has 4 nitrogen and oxygen atoms in total. The lowest BCUT2D eigenvalue weighted by Gasteiger charge is -2.11. The molecule has 4 N–H and O–H groups in total. The molecule has 1 aliphatic heterocycles. The summed E-state index contributed by atoms with van der Waals surface area (Å²) >= 11 is 0. The minimum Gasteiger partial charge on any atom is -0.395 e. The molecular formula is C5H11NO3. The molecule has 0 aliphatic carbocycles. The lowest BCUT2D eigenvalue weighted by molar-refractivity contribution is 0.0295. The second kappa shape index (κ2) is 2.62. The zero-order valence-electron chi connectivity index (χ0n) is 4.99. The second-order valence-corrected chi connectivity index (χ2v) is 2.26. The van der Waals surface area contributed by atoms with E-state index in [2.05, 4.69) is 5.32 Å². The van der Waals surface area contributed by atoms with Crippen LogP contribution in [0.5, 0.6) is 0 Å². The van der Waals surface area contributed by atoms with Gasteiger partial charge in [-0.15, -0.1) is 0 Å². The Kier molecular flexibility index (Phi) is 2.02. The summed E-state index contributed by atoms with van der Waals surface area (Å²) in [6.45, 7) is 0.241. The van der Waals surface area contributed by atoms with Gasteiger partial charge >= 0.3 is 0 Å². The van der Waals surface area contributed by atoms with Crippen molar-refractivity contribution in [3.8, 4) is 0 Å². The Bertz CT molecular complexity index is 98.2. The summed E-state index contributed by atoms with van der Waals surface area (Å²) in [7, 11) is 0. The first kappa shape index (κ1) is 6.95. The van der Waals surface area contributed by atoms with Crippen molar-refractivity contribution in [3.05, 3.63) is 0 Å². The standard InChI is InChI=1S/C5H11NO3/c7-2-3-5(9)4(8)1-6-3/h3-9H,1-2H2/t3-,4-,5?/m0/s1. The smallest absolute Gasteiger partial charge is 0.0986 e. The van der Waals surface area contributed by atoms with Gasteiger partial charge in [0.15, 0.2) is 0 Å². The molecule has 9 heavy (non-hydrogen) atoms. The molecule has 54 valence electrons. The first-order valence-corrected chi connectivity index (χ1v) is 2.96. The largest absolute Gasteiger partial charge is 0.395 e. The van der Waals surface area contributed by atoms with E-state index in [0.29, 0.717) is 6.54 Å². The van der Waals surface area contributed by atoms with E-state index in [1.807, 2.05) is 0 Å². The van der Waals surface area contributed by atoms with Gasteiger partial charge in [-0.05, 0) is 0 Å². The fraction of sp³-hybridized carbons (Fsp3) is 1.00. The molecule has 4 heteroatoms. The molecule has 1 heterocycles. The molecule has 1 aliphatic rings. The molecule has 0 aromatic rings. The van der Waals surface area contributed by atoms with Crippen molar-refractivity contribution >= 4 is 0 Å². The SMILES string of the molecule is OC[C@@H]1NC[C@H](O)C1O. The van der Waals surface area contributed by atoms with Crippen LogP contribution in [0.25, 0.3) is 0 Å². The lowest BCUT2D eigenvalue weighted by atomic mass is 10.1. The second-order valence-electron chi connectivity index (χ2n) is 2.26. The van der Waals surface area contributed by atoms with Gasteiger partial charge in [0.05, 0.1) is 24.9 Å². The fourth-order valence-electron chi connectivity index (χ4n) is 0.954. The van der Waals surface area contributed by atoms with E-state index in [4.69, 9.17) is 15.3 Å². The molecule has 1 fully saturated rings. The fourth-order valence-corrected chi connectivity index (χ4v) is 0.954. The number of rotatable bonds is 1. The van der Waals surface area contributed by atoms with Gasteiger partial charge in [0.1, 0.15) is 0 Å². The lowest BCUT2D eigenvalue weighted by Crippen LogP contribution is -2.35. The van der Waals surface area contributed by atoms with Gasteiger partial charge in [0.25, 0.3) is 0 Å². The molecule has 0 saturated carbocycles. The number of β-amino-alcohol motifs (C(OH)–C–C–N with tert-alkyl or cyclic N) is 1. The van der Waals surface area contributed by atoms with Gasteiger partial charge in [0, 0.05) is 6.54 Å². The summed E-state index contributed by atoms with van der Waals surface area (Å²) in [6, 6.07) is -0.347. The summed E-state index contributed by atoms with van der Waals surface area (Å²) in [5.41, 5.74) is 0. The van der Waals surface area contributed by atoms with Gasteiger partial charge in [0.2, 0.25) is 0 Å². The Labute approximate surface area is 53.1 Å². The van der Waals surface area contributed by atoms with Crippen LogP contribution in [0, 0.1) is 0 Å². The van der Waals surface area contributed by atoms with E-state index in [9.17, 15) is 0 Å². The minimum atomic E-state index is -0.810. The molecule has 0 spiro atoms. The van der Waals surface area contributed by atoms with Crippen LogP contribution in [0.4, 0.5) is 0 Å². The van der Waals surface area contributed by atoms with Gasteiger partial charge in [-0.25, -0.2) is 0 Å². The van der Waals surface area contributed by atoms with E-state index in [1.165, 1.54) is 0 Å². The quantitative estimate of drug-likeness (QED) is 0.324. The summed E-state index contributed by atoms with van der Waals surface area (Å²) in [5, 5.41) is 29.1. The molecule has 0 aromatic carbocycles. The number of nitrogens with one attached hydrogen (secondary N) is 1. The van der Waals surface area contributed by atoms with E-state index in [1.54, 1.807) is 0 Å². The highest BCUT2D eigenvalue weighted by Crippen LogP contribution is 2.05. The first-order chi connectivity index (χ1) is 4.25. The number of hydrogen-bond donors (Lipinski definition) is 4. The molecule has 1 unspecified atom stereocenters. The monoisotopic (exact) mass is 133 g/mol. The number of aliphatic hydroxyl groups excluding tert-OH is 3. The Morgan fingerprint density at radius 3 is 2.33 bits per heavy atom. The highest BCUT2D eigenvalue weighted by molar-refractivity contribution is 4.89. The molecule has 0 bridgehead atoms. The molecule has 0 amide bonds. The summed E-state index contributed by atoms with van der Waals surface area (Å²) < 4.78 is 0. The van der Waals surface area contributed by atoms with Gasteiger partial charge in [-0.1, -0.05) is 0 Å². The molecule has 0 radical (unpaired) electrons. The van der Waals surface area contributed by atoms with E-state index < -0.39 is 12.2 Å². The summed E-state index contributed by atoms with van der Waals surface area (Å²) in [4.78, 5) is 0. The van der Waals surface area contributed by atoms with Crippen LogP contribution in [-0.2, 0) is 0 Å². The van der Waals surface area contributed by atoms with Gasteiger partial charge in [-0.3, -0.25) is 0 Å². The van der Waals surface area contributed by atoms with Crippen molar-refractivity contribution in [3.63, 3.8) is 0 Å². The zero-order valence-corrected chi connectivity index (χ0v) is 4.99. The zero-order chi connectivity index (χ0) is 6.85. The highest BCUT2D eigenvalue weighted by Gasteiger charge is 2.31. The summed E-state index contributed by atoms with van der Waals surface area (Å²) in [6.07, 6.45) is -1.53. The predicted octanol–water partition coefficient (Wildman–Crippen LogP) is -2.33. The van der Waals surface area contributed by atoms with Crippen molar-refractivity contribution in [2.75, 3.05) is 13.2 Å².